The monoisotopic (exact) mass is 403 g/mol. The zero-order valence-corrected chi connectivity index (χ0v) is 18.5. The van der Waals surface area contributed by atoms with E-state index in [9.17, 15) is 9.59 Å². The average molecular weight is 404 g/mol. The average Bonchev–Trinajstić information content (AvgIpc) is 2.94. The fourth-order valence-electron chi connectivity index (χ4n) is 4.71. The lowest BCUT2D eigenvalue weighted by atomic mass is 9.88. The number of amides is 2. The normalized spacial score (nSPS) is 19.5. The van der Waals surface area contributed by atoms with Crippen LogP contribution < -0.4 is 10.6 Å². The van der Waals surface area contributed by atoms with Gasteiger partial charge in [0.15, 0.2) is 5.69 Å². The molecule has 1 atom stereocenters. The number of fused-ring (bicyclic) bond motifs is 1. The maximum absolute atomic E-state index is 13.3. The summed E-state index contributed by atoms with van der Waals surface area (Å²) in [6, 6.07) is -0.536. The van der Waals surface area contributed by atoms with Gasteiger partial charge in [-0.05, 0) is 45.2 Å². The molecule has 1 unspecified atom stereocenters. The number of nitrogens with zero attached hydrogens (tertiary/aromatic N) is 3. The highest BCUT2D eigenvalue weighted by Gasteiger charge is 2.31. The lowest BCUT2D eigenvalue weighted by molar-refractivity contribution is -0.122. The second kappa shape index (κ2) is 9.74. The summed E-state index contributed by atoms with van der Waals surface area (Å²) in [5.41, 5.74) is 1.51. The van der Waals surface area contributed by atoms with Crippen LogP contribution in [0, 0.1) is 5.92 Å². The summed E-state index contributed by atoms with van der Waals surface area (Å²) in [5, 5.41) is 5.65. The molecular weight excluding hydrogens is 366 g/mol. The smallest absolute Gasteiger partial charge is 0.272 e. The maximum Gasteiger partial charge on any atom is 0.272 e. The van der Waals surface area contributed by atoms with Gasteiger partial charge < -0.3 is 20.1 Å². The lowest BCUT2D eigenvalue weighted by Gasteiger charge is -2.22. The van der Waals surface area contributed by atoms with Crippen molar-refractivity contribution in [2.75, 3.05) is 20.6 Å². The molecule has 162 valence electrons. The first-order chi connectivity index (χ1) is 13.9. The Morgan fingerprint density at radius 2 is 1.86 bits per heavy atom. The van der Waals surface area contributed by atoms with E-state index < -0.39 is 6.04 Å². The van der Waals surface area contributed by atoms with Gasteiger partial charge >= 0.3 is 0 Å². The maximum atomic E-state index is 13.3. The number of carbonyl (C=O) groups excluding carboxylic acids is 2. The fraction of sp³-hybridized carbons (Fsp3) is 0.773. The molecule has 2 heterocycles. The van der Waals surface area contributed by atoms with Gasteiger partial charge in [-0.3, -0.25) is 9.59 Å². The number of imidazole rings is 1. The second-order valence-corrected chi connectivity index (χ2v) is 9.11. The van der Waals surface area contributed by atoms with Crippen LogP contribution in [-0.2, 0) is 17.9 Å². The molecule has 1 aliphatic carbocycles. The van der Waals surface area contributed by atoms with Crippen LogP contribution in [0.3, 0.4) is 0 Å². The Morgan fingerprint density at radius 1 is 1.14 bits per heavy atom. The molecule has 2 amide bonds. The zero-order chi connectivity index (χ0) is 21.0. The Morgan fingerprint density at radius 3 is 2.52 bits per heavy atom. The minimum Gasteiger partial charge on any atom is -0.357 e. The highest BCUT2D eigenvalue weighted by Crippen LogP contribution is 2.34. The Bertz CT molecular complexity index is 721. The van der Waals surface area contributed by atoms with Gasteiger partial charge in [0.2, 0.25) is 5.91 Å². The third kappa shape index (κ3) is 5.18. The Kier molecular flexibility index (Phi) is 7.33. The van der Waals surface area contributed by atoms with Crippen molar-refractivity contribution in [3.05, 3.63) is 17.2 Å². The lowest BCUT2D eigenvalue weighted by Crippen LogP contribution is -2.46. The summed E-state index contributed by atoms with van der Waals surface area (Å²) >= 11 is 0. The van der Waals surface area contributed by atoms with E-state index in [1.807, 2.05) is 0 Å². The first kappa shape index (κ1) is 21.8. The van der Waals surface area contributed by atoms with Crippen LogP contribution >= 0.6 is 0 Å². The topological polar surface area (TPSA) is 79.3 Å². The van der Waals surface area contributed by atoms with Crippen LogP contribution in [0.5, 0.6) is 0 Å². The number of nitrogens with one attached hydrogen (secondary N) is 2. The number of aromatic nitrogens is 2. The van der Waals surface area contributed by atoms with Gasteiger partial charge in [-0.25, -0.2) is 4.98 Å². The number of carbonyl (C=O) groups is 2. The first-order valence-electron chi connectivity index (χ1n) is 11.2. The van der Waals surface area contributed by atoms with E-state index in [1.54, 1.807) is 7.05 Å². The van der Waals surface area contributed by atoms with Crippen molar-refractivity contribution in [1.82, 2.24) is 25.1 Å². The minimum atomic E-state index is -0.536. The summed E-state index contributed by atoms with van der Waals surface area (Å²) in [7, 11) is 3.71. The van der Waals surface area contributed by atoms with Crippen LogP contribution in [0.2, 0.25) is 0 Å². The number of likely N-dealkylation sites (N-methyl/N-ethyl adjacent to an activating group) is 1. The fourth-order valence-corrected chi connectivity index (χ4v) is 4.71. The van der Waals surface area contributed by atoms with E-state index in [0.29, 0.717) is 24.0 Å². The molecule has 1 aliphatic heterocycles. The van der Waals surface area contributed by atoms with Gasteiger partial charge in [0, 0.05) is 26.1 Å². The van der Waals surface area contributed by atoms with Gasteiger partial charge in [0.25, 0.3) is 5.91 Å². The first-order valence-corrected chi connectivity index (χ1v) is 11.2. The van der Waals surface area contributed by atoms with E-state index in [-0.39, 0.29) is 11.8 Å². The molecule has 2 N–H and O–H groups in total. The summed E-state index contributed by atoms with van der Waals surface area (Å²) in [4.78, 5) is 32.7. The van der Waals surface area contributed by atoms with Gasteiger partial charge in [0.1, 0.15) is 11.9 Å². The molecule has 1 fully saturated rings. The Balaban J connectivity index is 1.91. The van der Waals surface area contributed by atoms with Crippen LogP contribution in [0.1, 0.15) is 86.7 Å². The van der Waals surface area contributed by atoms with Crippen LogP contribution in [0.4, 0.5) is 0 Å². The molecule has 0 saturated heterocycles. The molecule has 2 aliphatic rings. The van der Waals surface area contributed by atoms with Gasteiger partial charge in [-0.2, -0.15) is 0 Å². The summed E-state index contributed by atoms with van der Waals surface area (Å²) in [6.45, 7) is 6.76. The summed E-state index contributed by atoms with van der Waals surface area (Å²) in [5.74, 6) is 1.46. The largest absolute Gasteiger partial charge is 0.357 e. The van der Waals surface area contributed by atoms with Gasteiger partial charge in [-0.15, -0.1) is 0 Å². The third-order valence-electron chi connectivity index (χ3n) is 6.20. The summed E-state index contributed by atoms with van der Waals surface area (Å²) in [6.07, 6.45) is 7.75. The van der Waals surface area contributed by atoms with Crippen molar-refractivity contribution in [1.29, 1.82) is 0 Å². The molecule has 1 aromatic rings. The second-order valence-electron chi connectivity index (χ2n) is 9.11. The predicted octanol–water partition coefficient (Wildman–Crippen LogP) is 2.66. The van der Waals surface area contributed by atoms with Crippen molar-refractivity contribution in [2.45, 2.75) is 83.8 Å². The van der Waals surface area contributed by atoms with E-state index in [1.165, 1.54) is 19.3 Å². The molecule has 1 saturated carbocycles. The zero-order valence-electron chi connectivity index (χ0n) is 18.5. The molecule has 29 heavy (non-hydrogen) atoms. The van der Waals surface area contributed by atoms with E-state index in [4.69, 9.17) is 4.98 Å². The van der Waals surface area contributed by atoms with Crippen molar-refractivity contribution >= 4 is 11.8 Å². The van der Waals surface area contributed by atoms with Crippen LogP contribution in [-0.4, -0.2) is 52.9 Å². The van der Waals surface area contributed by atoms with Crippen molar-refractivity contribution in [2.24, 2.45) is 5.92 Å². The molecule has 0 radical (unpaired) electrons. The highest BCUT2D eigenvalue weighted by atomic mass is 16.2. The van der Waals surface area contributed by atoms with Crippen LogP contribution in [0.25, 0.3) is 0 Å². The summed E-state index contributed by atoms with van der Waals surface area (Å²) < 4.78 is 2.31. The third-order valence-corrected chi connectivity index (χ3v) is 6.20. The van der Waals surface area contributed by atoms with Gasteiger partial charge in [-0.1, -0.05) is 33.1 Å². The minimum absolute atomic E-state index is 0.151. The number of hydrogen-bond acceptors (Lipinski definition) is 4. The Labute approximate surface area is 174 Å². The van der Waals surface area contributed by atoms with Crippen molar-refractivity contribution in [3.63, 3.8) is 0 Å². The predicted molar refractivity (Wildman–Crippen MR) is 114 cm³/mol. The van der Waals surface area contributed by atoms with E-state index in [0.717, 1.165) is 50.4 Å². The molecule has 7 nitrogen and oxygen atoms in total. The van der Waals surface area contributed by atoms with Crippen molar-refractivity contribution < 1.29 is 9.59 Å². The van der Waals surface area contributed by atoms with Crippen LogP contribution in [0.15, 0.2) is 0 Å². The molecule has 3 rings (SSSR count). The molecular formula is C22H37N5O2. The number of rotatable bonds is 6. The highest BCUT2D eigenvalue weighted by molar-refractivity contribution is 5.97. The molecule has 0 aromatic carbocycles. The van der Waals surface area contributed by atoms with Gasteiger partial charge in [0.05, 0.1) is 5.69 Å². The standard InChI is InChI=1S/C22H37N5O2/c1-15(2)13-17(21(28)23-3)24-22(29)19-18-14-26(4)11-8-12-27(18)20(25-19)16-9-6-5-7-10-16/h15-17H,5-14H2,1-4H3,(H,23,28)(H,24,29). The molecule has 0 bridgehead atoms. The SMILES string of the molecule is CNC(=O)C(CC(C)C)NC(=O)c1nc(C2CCCCC2)n2c1CN(C)CCC2. The van der Waals surface area contributed by atoms with E-state index >= 15 is 0 Å². The van der Waals surface area contributed by atoms with Crippen molar-refractivity contribution in [3.8, 4) is 0 Å². The molecule has 7 heteroatoms. The molecule has 1 aromatic heterocycles. The Hall–Kier alpha value is -1.89. The number of hydrogen-bond donors (Lipinski definition) is 2. The molecule has 0 spiro atoms. The van der Waals surface area contributed by atoms with E-state index in [2.05, 4.69) is 41.0 Å². The quantitative estimate of drug-likeness (QED) is 0.765.